The summed E-state index contributed by atoms with van der Waals surface area (Å²) in [5.74, 6) is -0.943. The molecular weight excluding hydrogens is 330 g/mol. The second-order valence-electron chi connectivity index (χ2n) is 4.84. The van der Waals surface area contributed by atoms with E-state index in [0.717, 1.165) is 15.6 Å². The molecule has 1 aromatic heterocycles. The van der Waals surface area contributed by atoms with Crippen LogP contribution < -0.4 is 0 Å². The fraction of sp³-hybridized carbons (Fsp3) is 0.0588. The molecule has 3 nitrogen and oxygen atoms in total. The van der Waals surface area contributed by atoms with Gasteiger partial charge in [-0.05, 0) is 30.7 Å². The van der Waals surface area contributed by atoms with Gasteiger partial charge in [0.15, 0.2) is 0 Å². The van der Waals surface area contributed by atoms with Gasteiger partial charge >= 0.3 is 5.97 Å². The van der Waals surface area contributed by atoms with E-state index in [2.05, 4.69) is 20.9 Å². The maximum absolute atomic E-state index is 11.5. The summed E-state index contributed by atoms with van der Waals surface area (Å²) in [7, 11) is 0. The van der Waals surface area contributed by atoms with E-state index in [1.54, 1.807) is 12.1 Å². The van der Waals surface area contributed by atoms with Crippen molar-refractivity contribution in [3.05, 3.63) is 64.1 Å². The van der Waals surface area contributed by atoms with Crippen molar-refractivity contribution in [2.45, 2.75) is 6.92 Å². The summed E-state index contributed by atoms with van der Waals surface area (Å²) in [4.78, 5) is 16.1. The molecule has 104 valence electrons. The number of hydrogen-bond acceptors (Lipinski definition) is 2. The number of aromatic carboxylic acids is 1. The van der Waals surface area contributed by atoms with Gasteiger partial charge in [0.2, 0.25) is 0 Å². The van der Waals surface area contributed by atoms with Crippen molar-refractivity contribution in [3.8, 4) is 11.3 Å². The van der Waals surface area contributed by atoms with E-state index in [0.29, 0.717) is 16.6 Å². The number of aryl methyl sites for hydroxylation is 1. The molecule has 3 rings (SSSR count). The van der Waals surface area contributed by atoms with Crippen LogP contribution in [0.3, 0.4) is 0 Å². The highest BCUT2D eigenvalue weighted by Crippen LogP contribution is 2.28. The normalized spacial score (nSPS) is 10.8. The molecule has 0 saturated heterocycles. The predicted molar refractivity (Wildman–Crippen MR) is 86.6 cm³/mol. The summed E-state index contributed by atoms with van der Waals surface area (Å²) in [5.41, 5.74) is 3.63. The van der Waals surface area contributed by atoms with E-state index in [4.69, 9.17) is 0 Å². The lowest BCUT2D eigenvalue weighted by Crippen LogP contribution is -2.00. The second-order valence-corrected chi connectivity index (χ2v) is 5.70. The van der Waals surface area contributed by atoms with E-state index in [1.807, 2.05) is 43.3 Å². The highest BCUT2D eigenvalue weighted by molar-refractivity contribution is 9.10. The number of fused-ring (bicyclic) bond motifs is 1. The summed E-state index contributed by atoms with van der Waals surface area (Å²) >= 11 is 3.50. The Hall–Kier alpha value is -2.20. The highest BCUT2D eigenvalue weighted by atomic mass is 79.9. The Morgan fingerprint density at radius 3 is 2.62 bits per heavy atom. The van der Waals surface area contributed by atoms with Crippen LogP contribution in [0.2, 0.25) is 0 Å². The molecule has 3 aromatic rings. The van der Waals surface area contributed by atoms with Crippen LogP contribution in [0.5, 0.6) is 0 Å². The Morgan fingerprint density at radius 2 is 1.90 bits per heavy atom. The van der Waals surface area contributed by atoms with Gasteiger partial charge in [-0.2, -0.15) is 0 Å². The Labute approximate surface area is 130 Å². The molecule has 0 bridgehead atoms. The van der Waals surface area contributed by atoms with Crippen molar-refractivity contribution < 1.29 is 9.90 Å². The first-order valence-corrected chi connectivity index (χ1v) is 7.25. The monoisotopic (exact) mass is 341 g/mol. The van der Waals surface area contributed by atoms with Crippen LogP contribution in [0.4, 0.5) is 0 Å². The minimum atomic E-state index is -0.943. The molecule has 0 unspecified atom stereocenters. The first-order chi connectivity index (χ1) is 10.1. The first kappa shape index (κ1) is 13.8. The smallest absolute Gasteiger partial charge is 0.336 e. The third-order valence-corrected chi connectivity index (χ3v) is 4.27. The Morgan fingerprint density at radius 1 is 1.14 bits per heavy atom. The quantitative estimate of drug-likeness (QED) is 0.736. The van der Waals surface area contributed by atoms with Crippen molar-refractivity contribution in [1.29, 1.82) is 0 Å². The predicted octanol–water partition coefficient (Wildman–Crippen LogP) is 4.67. The van der Waals surface area contributed by atoms with Gasteiger partial charge in [0.05, 0.1) is 16.8 Å². The lowest BCUT2D eigenvalue weighted by molar-refractivity contribution is 0.0699. The van der Waals surface area contributed by atoms with Crippen LogP contribution in [0.25, 0.3) is 22.2 Å². The maximum Gasteiger partial charge on any atom is 0.336 e. The number of rotatable bonds is 2. The van der Waals surface area contributed by atoms with Gasteiger partial charge < -0.3 is 5.11 Å². The number of hydrogen-bond donors (Lipinski definition) is 1. The van der Waals surface area contributed by atoms with E-state index < -0.39 is 5.97 Å². The molecule has 0 saturated carbocycles. The molecule has 0 aliphatic carbocycles. The van der Waals surface area contributed by atoms with Gasteiger partial charge in [0.25, 0.3) is 0 Å². The van der Waals surface area contributed by atoms with Crippen LogP contribution in [0.1, 0.15) is 15.9 Å². The molecular formula is C17H12BrNO2. The van der Waals surface area contributed by atoms with Crippen molar-refractivity contribution >= 4 is 32.8 Å². The molecule has 2 aromatic carbocycles. The standard InChI is InChI=1S/C17H12BrNO2/c1-10-6-7-11(8-14(10)18)16-9-13(17(20)21)12-4-2-3-5-15(12)19-16/h2-9H,1H3,(H,20,21). The number of carboxylic acid groups (broad SMARTS) is 1. The molecule has 0 spiro atoms. The summed E-state index contributed by atoms with van der Waals surface area (Å²) < 4.78 is 0.979. The van der Waals surface area contributed by atoms with Gasteiger partial charge in [0, 0.05) is 15.4 Å². The number of para-hydroxylation sites is 1. The third-order valence-electron chi connectivity index (χ3n) is 3.41. The molecule has 1 N–H and O–H groups in total. The SMILES string of the molecule is Cc1ccc(-c2cc(C(=O)O)c3ccccc3n2)cc1Br. The molecule has 0 atom stereocenters. The van der Waals surface area contributed by atoms with Gasteiger partial charge in [-0.3, -0.25) is 0 Å². The summed E-state index contributed by atoms with van der Waals surface area (Å²) in [6.07, 6.45) is 0. The zero-order chi connectivity index (χ0) is 15.0. The molecule has 0 aliphatic heterocycles. The van der Waals surface area contributed by atoms with Gasteiger partial charge in [-0.15, -0.1) is 0 Å². The Kier molecular flexibility index (Phi) is 3.47. The van der Waals surface area contributed by atoms with Crippen molar-refractivity contribution in [2.75, 3.05) is 0 Å². The Bertz CT molecular complexity index is 859. The van der Waals surface area contributed by atoms with E-state index in [-0.39, 0.29) is 5.56 Å². The zero-order valence-electron chi connectivity index (χ0n) is 11.3. The first-order valence-electron chi connectivity index (χ1n) is 6.46. The fourth-order valence-electron chi connectivity index (χ4n) is 2.25. The summed E-state index contributed by atoms with van der Waals surface area (Å²) in [6.45, 7) is 2.00. The summed E-state index contributed by atoms with van der Waals surface area (Å²) in [5, 5.41) is 10.1. The average Bonchev–Trinajstić information content (AvgIpc) is 2.48. The largest absolute Gasteiger partial charge is 0.478 e. The second kappa shape index (κ2) is 5.30. The molecule has 21 heavy (non-hydrogen) atoms. The minimum absolute atomic E-state index is 0.271. The average molecular weight is 342 g/mol. The zero-order valence-corrected chi connectivity index (χ0v) is 12.9. The van der Waals surface area contributed by atoms with E-state index in [9.17, 15) is 9.90 Å². The molecule has 1 heterocycles. The van der Waals surface area contributed by atoms with Crippen molar-refractivity contribution in [2.24, 2.45) is 0 Å². The molecule has 4 heteroatoms. The van der Waals surface area contributed by atoms with Crippen LogP contribution in [-0.4, -0.2) is 16.1 Å². The number of nitrogens with zero attached hydrogens (tertiary/aromatic N) is 1. The molecule has 0 fully saturated rings. The fourth-order valence-corrected chi connectivity index (χ4v) is 2.63. The van der Waals surface area contributed by atoms with Crippen molar-refractivity contribution in [3.63, 3.8) is 0 Å². The highest BCUT2D eigenvalue weighted by Gasteiger charge is 2.12. The lowest BCUT2D eigenvalue weighted by Gasteiger charge is -2.08. The number of aromatic nitrogens is 1. The van der Waals surface area contributed by atoms with E-state index in [1.165, 1.54) is 0 Å². The number of benzene rings is 2. The van der Waals surface area contributed by atoms with Crippen LogP contribution in [0, 0.1) is 6.92 Å². The lowest BCUT2D eigenvalue weighted by atomic mass is 10.0. The number of halogens is 1. The van der Waals surface area contributed by atoms with Crippen molar-refractivity contribution in [1.82, 2.24) is 4.98 Å². The van der Waals surface area contributed by atoms with Crippen LogP contribution >= 0.6 is 15.9 Å². The van der Waals surface area contributed by atoms with Gasteiger partial charge in [-0.1, -0.05) is 46.3 Å². The van der Waals surface area contributed by atoms with Gasteiger partial charge in [-0.25, -0.2) is 9.78 Å². The molecule has 0 aliphatic rings. The minimum Gasteiger partial charge on any atom is -0.478 e. The van der Waals surface area contributed by atoms with Crippen LogP contribution in [-0.2, 0) is 0 Å². The van der Waals surface area contributed by atoms with Crippen LogP contribution in [0.15, 0.2) is 53.0 Å². The number of carbonyl (C=O) groups is 1. The van der Waals surface area contributed by atoms with Gasteiger partial charge in [0.1, 0.15) is 0 Å². The third kappa shape index (κ3) is 2.54. The molecule has 0 amide bonds. The topological polar surface area (TPSA) is 50.2 Å². The number of carboxylic acids is 1. The molecule has 0 radical (unpaired) electrons. The van der Waals surface area contributed by atoms with E-state index >= 15 is 0 Å². The number of pyridine rings is 1. The summed E-state index contributed by atoms with van der Waals surface area (Å²) in [6, 6.07) is 14.8. The maximum atomic E-state index is 11.5. The Balaban J connectivity index is 2.28.